The van der Waals surface area contributed by atoms with Crippen LogP contribution in [-0.2, 0) is 0 Å². The molecule has 2 aliphatic heterocycles. The van der Waals surface area contributed by atoms with Crippen LogP contribution in [-0.4, -0.2) is 106 Å². The summed E-state index contributed by atoms with van der Waals surface area (Å²) >= 11 is 0. The monoisotopic (exact) mass is 610 g/mol. The fourth-order valence-corrected chi connectivity index (χ4v) is 9.93. The summed E-state index contributed by atoms with van der Waals surface area (Å²) in [6, 6.07) is 0.531. The number of halogens is 3. The molecule has 2 aromatic heterocycles. The Morgan fingerprint density at radius 2 is 1.64 bits per heavy atom. The van der Waals surface area contributed by atoms with Gasteiger partial charge in [-0.3, -0.25) is 9.97 Å². The van der Waals surface area contributed by atoms with E-state index in [-0.39, 0.29) is 17.0 Å². The van der Waals surface area contributed by atoms with Crippen molar-refractivity contribution in [2.75, 3.05) is 32.5 Å². The third-order valence-corrected chi connectivity index (χ3v) is 12.2. The minimum atomic E-state index is -1.60. The molecule has 2 fully saturated rings. The van der Waals surface area contributed by atoms with Gasteiger partial charge in [-0.15, -0.1) is 5.10 Å². The van der Waals surface area contributed by atoms with Gasteiger partial charge in [-0.25, -0.2) is 28.7 Å². The zero-order valence-electron chi connectivity index (χ0n) is 23.9. The zero-order chi connectivity index (χ0) is 30.5. The van der Waals surface area contributed by atoms with Crippen LogP contribution in [0.5, 0.6) is 0 Å². The van der Waals surface area contributed by atoms with Crippen LogP contribution in [0.3, 0.4) is 0 Å². The van der Waals surface area contributed by atoms with E-state index >= 15 is 0 Å². The molecule has 4 N–H and O–H groups in total. The molecule has 3 aromatic rings. The zero-order valence-corrected chi connectivity index (χ0v) is 24.8. The summed E-state index contributed by atoms with van der Waals surface area (Å²) in [5.74, 6) is -4.22. The number of aliphatic hydroxyl groups excluding tert-OH is 3. The standard InChI is InChI=1S/C28H37F3N6O4S/c1-14-15(2)33-24(16(3)32-14)27(28(41)5-7-36(4)8-6-28)42-13-21(39)25(26(40)22(42)12-38)37-11-20(34-35-37)17-9-18(29)23(31)19(30)10-17/h9-11,21-22,25-27,38-42H,5-8,12-13H2,1-4H3/t21-,22+,25-,26-,27?/m0/s1. The lowest BCUT2D eigenvalue weighted by Crippen LogP contribution is -2.54. The second kappa shape index (κ2) is 11.8. The van der Waals surface area contributed by atoms with Crippen molar-refractivity contribution in [3.63, 3.8) is 0 Å². The Morgan fingerprint density at radius 1 is 1.02 bits per heavy atom. The molecule has 0 saturated carbocycles. The number of aryl methyl sites for hydroxylation is 3. The summed E-state index contributed by atoms with van der Waals surface area (Å²) < 4.78 is 42.4. The highest BCUT2D eigenvalue weighted by molar-refractivity contribution is 8.18. The Labute approximate surface area is 244 Å². The molecule has 10 nitrogen and oxygen atoms in total. The van der Waals surface area contributed by atoms with E-state index in [0.717, 1.165) is 17.8 Å². The smallest absolute Gasteiger partial charge is 0.194 e. The highest BCUT2D eigenvalue weighted by atomic mass is 32.2. The van der Waals surface area contributed by atoms with E-state index < -0.39 is 69.3 Å². The number of benzene rings is 1. The predicted molar refractivity (Wildman–Crippen MR) is 152 cm³/mol. The number of piperidine rings is 1. The van der Waals surface area contributed by atoms with Crippen LogP contribution in [0.4, 0.5) is 13.2 Å². The molecular weight excluding hydrogens is 573 g/mol. The fraction of sp³-hybridized carbons (Fsp3) is 0.571. The second-order valence-electron chi connectivity index (χ2n) is 11.5. The van der Waals surface area contributed by atoms with E-state index in [9.17, 15) is 33.6 Å². The molecule has 0 amide bonds. The van der Waals surface area contributed by atoms with Crippen molar-refractivity contribution in [2.24, 2.45) is 0 Å². The van der Waals surface area contributed by atoms with E-state index in [2.05, 4.69) is 20.2 Å². The molecule has 14 heteroatoms. The molecule has 0 spiro atoms. The minimum absolute atomic E-state index is 0.0140. The minimum Gasteiger partial charge on any atom is -0.395 e. The van der Waals surface area contributed by atoms with Gasteiger partial charge in [0.1, 0.15) is 11.7 Å². The molecular formula is C28H37F3N6O4S. The largest absolute Gasteiger partial charge is 0.395 e. The number of aromatic nitrogens is 5. The van der Waals surface area contributed by atoms with Gasteiger partial charge in [0.05, 0.1) is 58.6 Å². The first-order valence-corrected chi connectivity index (χ1v) is 15.5. The summed E-state index contributed by atoms with van der Waals surface area (Å²) in [7, 11) is 0.516. The topological polar surface area (TPSA) is 141 Å². The van der Waals surface area contributed by atoms with Crippen molar-refractivity contribution in [1.29, 1.82) is 0 Å². The maximum Gasteiger partial charge on any atom is 0.194 e. The lowest BCUT2D eigenvalue weighted by atomic mass is 9.86. The van der Waals surface area contributed by atoms with Crippen molar-refractivity contribution >= 4 is 10.9 Å². The fourth-order valence-electron chi connectivity index (χ4n) is 6.20. The van der Waals surface area contributed by atoms with Crippen molar-refractivity contribution in [1.82, 2.24) is 29.9 Å². The van der Waals surface area contributed by atoms with Crippen LogP contribution in [0, 0.1) is 38.2 Å². The molecule has 0 bridgehead atoms. The van der Waals surface area contributed by atoms with Crippen molar-refractivity contribution in [3.8, 4) is 11.3 Å². The Balaban J connectivity index is 1.52. The maximum absolute atomic E-state index is 13.8. The highest BCUT2D eigenvalue weighted by Gasteiger charge is 2.52. The van der Waals surface area contributed by atoms with Gasteiger partial charge in [-0.1, -0.05) is 5.21 Å². The number of thiol groups is 1. The van der Waals surface area contributed by atoms with Gasteiger partial charge in [0, 0.05) is 29.7 Å². The van der Waals surface area contributed by atoms with Gasteiger partial charge in [0.2, 0.25) is 0 Å². The maximum atomic E-state index is 13.8. The van der Waals surface area contributed by atoms with Crippen molar-refractivity contribution in [2.45, 2.75) is 68.0 Å². The quantitative estimate of drug-likeness (QED) is 0.209. The Hall–Kier alpha value is -2.62. The summed E-state index contributed by atoms with van der Waals surface area (Å²) in [6.45, 7) is 6.42. The van der Waals surface area contributed by atoms with E-state index in [1.165, 1.54) is 10.9 Å². The third-order valence-electron chi connectivity index (χ3n) is 8.72. The Bertz CT molecular complexity index is 1430. The third kappa shape index (κ3) is 5.55. The van der Waals surface area contributed by atoms with Crippen LogP contribution >= 0.6 is 10.9 Å². The van der Waals surface area contributed by atoms with Gasteiger partial charge in [-0.2, -0.15) is 0 Å². The second-order valence-corrected chi connectivity index (χ2v) is 14.1. The van der Waals surface area contributed by atoms with Crippen LogP contribution in [0.25, 0.3) is 11.3 Å². The van der Waals surface area contributed by atoms with Crippen molar-refractivity contribution in [3.05, 3.63) is 58.6 Å². The van der Waals surface area contributed by atoms with E-state index in [4.69, 9.17) is 4.98 Å². The van der Waals surface area contributed by atoms with Crippen molar-refractivity contribution < 1.29 is 33.6 Å². The molecule has 4 heterocycles. The van der Waals surface area contributed by atoms with Crippen LogP contribution in [0.15, 0.2) is 18.3 Å². The number of hydrogen-bond donors (Lipinski definition) is 5. The first-order chi connectivity index (χ1) is 19.8. The number of likely N-dealkylation sites (tertiary alicyclic amines) is 1. The molecule has 6 atom stereocenters. The van der Waals surface area contributed by atoms with Gasteiger partial charge in [0.25, 0.3) is 0 Å². The van der Waals surface area contributed by atoms with E-state index in [0.29, 0.717) is 43.0 Å². The highest BCUT2D eigenvalue weighted by Crippen LogP contribution is 2.59. The van der Waals surface area contributed by atoms with Crippen LogP contribution in [0.1, 0.15) is 46.9 Å². The molecule has 42 heavy (non-hydrogen) atoms. The van der Waals surface area contributed by atoms with E-state index in [1.54, 1.807) is 0 Å². The first-order valence-electron chi connectivity index (χ1n) is 13.9. The summed E-state index contributed by atoms with van der Waals surface area (Å²) in [4.78, 5) is 11.7. The SMILES string of the molecule is Cc1nc(C)c(C([SH]2C[C@H](O)[C@H](n3cc(-c4cc(F)c(F)c(F)c4)nn3)[C@@H](O)[C@H]2CO)C2(O)CCN(C)CC2)nc1C. The van der Waals surface area contributed by atoms with E-state index in [1.807, 2.05) is 27.8 Å². The molecule has 5 rings (SSSR count). The average molecular weight is 611 g/mol. The summed E-state index contributed by atoms with van der Waals surface area (Å²) in [5, 5.41) is 52.5. The van der Waals surface area contributed by atoms with Gasteiger partial charge in [0.15, 0.2) is 17.5 Å². The molecule has 1 aromatic carbocycles. The first kappa shape index (κ1) is 30.8. The summed E-state index contributed by atoms with van der Waals surface area (Å²) in [5.41, 5.74) is 1.50. The molecule has 2 aliphatic rings. The van der Waals surface area contributed by atoms with Gasteiger partial charge < -0.3 is 25.3 Å². The number of nitrogens with zero attached hydrogens (tertiary/aromatic N) is 6. The predicted octanol–water partition coefficient (Wildman–Crippen LogP) is 1.91. The summed E-state index contributed by atoms with van der Waals surface area (Å²) in [6.07, 6.45) is -0.259. The Kier molecular flexibility index (Phi) is 8.67. The number of hydrogen-bond acceptors (Lipinski definition) is 9. The molecule has 230 valence electrons. The average Bonchev–Trinajstić information content (AvgIpc) is 3.41. The molecule has 0 radical (unpaired) electrons. The lowest BCUT2D eigenvalue weighted by molar-refractivity contribution is -0.0227. The Morgan fingerprint density at radius 3 is 2.26 bits per heavy atom. The number of rotatable bonds is 6. The van der Waals surface area contributed by atoms with Gasteiger partial charge in [-0.05, 0) is 52.8 Å². The normalized spacial score (nSPS) is 28.1. The van der Waals surface area contributed by atoms with Crippen LogP contribution < -0.4 is 0 Å². The lowest BCUT2D eigenvalue weighted by Gasteiger charge is -2.53. The molecule has 2 unspecified atom stereocenters. The van der Waals surface area contributed by atoms with Gasteiger partial charge >= 0.3 is 0 Å². The number of aliphatic hydroxyl groups is 4. The molecule has 2 saturated heterocycles. The van der Waals surface area contributed by atoms with Crippen LogP contribution in [0.2, 0.25) is 0 Å². The molecule has 0 aliphatic carbocycles.